The van der Waals surface area contributed by atoms with Crippen LogP contribution in [-0.4, -0.2) is 37.2 Å². The van der Waals surface area contributed by atoms with Gasteiger partial charge < -0.3 is 10.2 Å². The van der Waals surface area contributed by atoms with Gasteiger partial charge in [0.15, 0.2) is 0 Å². The normalized spacial score (nSPS) is 22.6. The van der Waals surface area contributed by atoms with Gasteiger partial charge >= 0.3 is 0 Å². The van der Waals surface area contributed by atoms with Crippen molar-refractivity contribution in [1.29, 1.82) is 0 Å². The van der Waals surface area contributed by atoms with Gasteiger partial charge in [0, 0.05) is 13.1 Å². The Morgan fingerprint density at radius 1 is 1.04 bits per heavy atom. The van der Waals surface area contributed by atoms with Gasteiger partial charge in [-0.05, 0) is 74.4 Å². The van der Waals surface area contributed by atoms with Crippen molar-refractivity contribution in [3.05, 3.63) is 59.4 Å². The highest BCUT2D eigenvalue weighted by Gasteiger charge is 2.35. The van der Waals surface area contributed by atoms with Crippen molar-refractivity contribution in [3.8, 4) is 0 Å². The van der Waals surface area contributed by atoms with E-state index in [1.54, 1.807) is 12.1 Å². The molecule has 1 N–H and O–H groups in total. The molecule has 1 unspecified atom stereocenters. The first-order valence-electron chi connectivity index (χ1n) is 10.4. The second-order valence-corrected chi connectivity index (χ2v) is 8.35. The van der Waals surface area contributed by atoms with Crippen LogP contribution >= 0.6 is 0 Å². The summed E-state index contributed by atoms with van der Waals surface area (Å²) in [5.74, 6) is 0.688. The van der Waals surface area contributed by atoms with Crippen LogP contribution in [0.1, 0.15) is 30.4 Å². The quantitative estimate of drug-likeness (QED) is 0.872. The van der Waals surface area contributed by atoms with Crippen molar-refractivity contribution in [2.24, 2.45) is 5.92 Å². The van der Waals surface area contributed by atoms with E-state index in [0.717, 1.165) is 37.5 Å². The molecule has 1 saturated heterocycles. The number of hydrogen-bond donors (Lipinski definition) is 1. The van der Waals surface area contributed by atoms with Gasteiger partial charge in [-0.2, -0.15) is 0 Å². The Morgan fingerprint density at radius 3 is 2.67 bits per heavy atom. The van der Waals surface area contributed by atoms with Gasteiger partial charge in [-0.1, -0.05) is 30.3 Å². The van der Waals surface area contributed by atoms with Crippen LogP contribution in [0, 0.1) is 11.7 Å². The molecule has 0 radical (unpaired) electrons. The van der Waals surface area contributed by atoms with Crippen molar-refractivity contribution in [2.45, 2.75) is 38.3 Å². The largest absolute Gasteiger partial charge is 0.362 e. The number of halogens is 1. The average Bonchev–Trinajstić information content (AvgIpc) is 3.03. The van der Waals surface area contributed by atoms with Gasteiger partial charge in [0.2, 0.25) is 0 Å². The number of aryl methyl sites for hydroxylation is 1. The Labute approximate surface area is 161 Å². The predicted molar refractivity (Wildman–Crippen MR) is 109 cm³/mol. The second kappa shape index (κ2) is 7.16. The van der Waals surface area contributed by atoms with Gasteiger partial charge in [0.05, 0.1) is 11.4 Å². The SMILES string of the molecule is Fc1cc2c3c(c1)NC(CN1CCC(Cc4ccccc4)CC1)N3CCC2. The molecule has 1 atom stereocenters. The number of rotatable bonds is 4. The highest BCUT2D eigenvalue weighted by molar-refractivity contribution is 5.80. The molecule has 3 aliphatic heterocycles. The van der Waals surface area contributed by atoms with Crippen molar-refractivity contribution < 1.29 is 4.39 Å². The molecule has 1 fully saturated rings. The van der Waals surface area contributed by atoms with Crippen LogP contribution in [0.2, 0.25) is 0 Å². The van der Waals surface area contributed by atoms with Crippen LogP contribution in [0.4, 0.5) is 15.8 Å². The summed E-state index contributed by atoms with van der Waals surface area (Å²) in [6.45, 7) is 4.43. The minimum absolute atomic E-state index is 0.111. The number of piperidine rings is 1. The predicted octanol–water partition coefficient (Wildman–Crippen LogP) is 4.28. The van der Waals surface area contributed by atoms with Crippen LogP contribution in [0.3, 0.4) is 0 Å². The molecule has 27 heavy (non-hydrogen) atoms. The van der Waals surface area contributed by atoms with E-state index in [-0.39, 0.29) is 12.0 Å². The first kappa shape index (κ1) is 17.1. The Balaban J connectivity index is 1.20. The van der Waals surface area contributed by atoms with Gasteiger partial charge in [-0.25, -0.2) is 4.39 Å². The summed E-state index contributed by atoms with van der Waals surface area (Å²) in [6.07, 6.45) is 6.15. The van der Waals surface area contributed by atoms with E-state index in [2.05, 4.69) is 45.4 Å². The summed E-state index contributed by atoms with van der Waals surface area (Å²) < 4.78 is 13.9. The minimum Gasteiger partial charge on any atom is -0.362 e. The molecule has 3 aliphatic rings. The maximum Gasteiger partial charge on any atom is 0.125 e. The number of benzene rings is 2. The van der Waals surface area contributed by atoms with E-state index in [0.29, 0.717) is 0 Å². The summed E-state index contributed by atoms with van der Waals surface area (Å²) in [5, 5.41) is 3.60. The zero-order valence-corrected chi connectivity index (χ0v) is 15.8. The fraction of sp³-hybridized carbons (Fsp3) is 0.478. The van der Waals surface area contributed by atoms with E-state index in [1.807, 2.05) is 0 Å². The number of hydrogen-bond acceptors (Lipinski definition) is 3. The lowest BCUT2D eigenvalue weighted by Gasteiger charge is -2.37. The summed E-state index contributed by atoms with van der Waals surface area (Å²) in [6, 6.07) is 14.3. The standard InChI is InChI=1S/C23H28FN3/c24-20-14-19-7-4-10-27-22(25-21(15-20)23(19)27)16-26-11-8-18(9-12-26)13-17-5-2-1-3-6-17/h1-3,5-6,14-15,18,22,25H,4,7-13,16H2. The smallest absolute Gasteiger partial charge is 0.125 e. The molecule has 3 nitrogen and oxygen atoms in total. The van der Waals surface area contributed by atoms with Gasteiger partial charge in [-0.3, -0.25) is 4.90 Å². The van der Waals surface area contributed by atoms with Crippen LogP contribution in [0.15, 0.2) is 42.5 Å². The Hall–Kier alpha value is -2.07. The molecule has 4 heteroatoms. The van der Waals surface area contributed by atoms with E-state index >= 15 is 0 Å². The lowest BCUT2D eigenvalue weighted by atomic mass is 9.90. The molecule has 0 amide bonds. The molecule has 0 bridgehead atoms. The van der Waals surface area contributed by atoms with Crippen molar-refractivity contribution in [1.82, 2.24) is 4.90 Å². The summed E-state index contributed by atoms with van der Waals surface area (Å²) >= 11 is 0. The lowest BCUT2D eigenvalue weighted by molar-refractivity contribution is 0.177. The first-order chi connectivity index (χ1) is 13.3. The summed E-state index contributed by atoms with van der Waals surface area (Å²) in [7, 11) is 0. The third kappa shape index (κ3) is 3.43. The summed E-state index contributed by atoms with van der Waals surface area (Å²) in [4.78, 5) is 5.07. The molecule has 2 aromatic rings. The fourth-order valence-corrected chi connectivity index (χ4v) is 5.13. The topological polar surface area (TPSA) is 18.5 Å². The number of anilines is 2. The zero-order chi connectivity index (χ0) is 18.2. The third-order valence-electron chi connectivity index (χ3n) is 6.49. The number of likely N-dealkylation sites (tertiary alicyclic amines) is 1. The van der Waals surface area contributed by atoms with Crippen LogP contribution in [0.5, 0.6) is 0 Å². The van der Waals surface area contributed by atoms with Crippen LogP contribution in [-0.2, 0) is 12.8 Å². The Bertz CT molecular complexity index is 799. The minimum atomic E-state index is -0.111. The zero-order valence-electron chi connectivity index (χ0n) is 15.8. The fourth-order valence-electron chi connectivity index (χ4n) is 5.13. The summed E-state index contributed by atoms with van der Waals surface area (Å²) in [5.41, 5.74) is 4.89. The van der Waals surface area contributed by atoms with E-state index in [9.17, 15) is 4.39 Å². The highest BCUT2D eigenvalue weighted by atomic mass is 19.1. The molecular formula is C23H28FN3. The molecule has 5 rings (SSSR count). The molecule has 2 aromatic carbocycles. The highest BCUT2D eigenvalue weighted by Crippen LogP contribution is 2.42. The molecule has 0 aromatic heterocycles. The van der Waals surface area contributed by atoms with E-state index in [4.69, 9.17) is 0 Å². The van der Waals surface area contributed by atoms with Crippen molar-refractivity contribution >= 4 is 11.4 Å². The van der Waals surface area contributed by atoms with Crippen LogP contribution in [0.25, 0.3) is 0 Å². The molecule has 0 spiro atoms. The van der Waals surface area contributed by atoms with Gasteiger partial charge in [0.25, 0.3) is 0 Å². The maximum atomic E-state index is 13.9. The monoisotopic (exact) mass is 365 g/mol. The Kier molecular flexibility index (Phi) is 4.52. The maximum absolute atomic E-state index is 13.9. The van der Waals surface area contributed by atoms with Gasteiger partial charge in [-0.15, -0.1) is 0 Å². The average molecular weight is 365 g/mol. The number of nitrogens with one attached hydrogen (secondary N) is 1. The van der Waals surface area contributed by atoms with Crippen LogP contribution < -0.4 is 10.2 Å². The van der Waals surface area contributed by atoms with E-state index < -0.39 is 0 Å². The lowest BCUT2D eigenvalue weighted by Crippen LogP contribution is -2.48. The molecule has 3 heterocycles. The molecule has 0 aliphatic carbocycles. The first-order valence-corrected chi connectivity index (χ1v) is 10.4. The second-order valence-electron chi connectivity index (χ2n) is 8.35. The molecular weight excluding hydrogens is 337 g/mol. The van der Waals surface area contributed by atoms with Gasteiger partial charge in [0.1, 0.15) is 12.0 Å². The van der Waals surface area contributed by atoms with E-state index in [1.165, 1.54) is 49.2 Å². The Morgan fingerprint density at radius 2 is 1.85 bits per heavy atom. The molecule has 0 saturated carbocycles. The number of nitrogens with zero attached hydrogens (tertiary/aromatic N) is 2. The molecule has 142 valence electrons. The van der Waals surface area contributed by atoms with Crippen molar-refractivity contribution in [2.75, 3.05) is 36.4 Å². The van der Waals surface area contributed by atoms with Crippen molar-refractivity contribution in [3.63, 3.8) is 0 Å². The third-order valence-corrected chi connectivity index (χ3v) is 6.49.